The van der Waals surface area contributed by atoms with E-state index in [1.807, 2.05) is 0 Å². The molecule has 0 saturated heterocycles. The topological polar surface area (TPSA) is 158 Å². The minimum Gasteiger partial charge on any atom is -0.465 e. The van der Waals surface area contributed by atoms with E-state index in [1.165, 1.54) is 0 Å². The Balaban J connectivity index is 4.24. The molecule has 30 heavy (non-hydrogen) atoms. The summed E-state index contributed by atoms with van der Waals surface area (Å²) in [5, 5.41) is 0. The van der Waals surface area contributed by atoms with Gasteiger partial charge in [0.25, 0.3) is 0 Å². The van der Waals surface area contributed by atoms with E-state index < -0.39 is 69.3 Å². The zero-order valence-electron chi connectivity index (χ0n) is 16.9. The number of hydrogen-bond donors (Lipinski definition) is 0. The summed E-state index contributed by atoms with van der Waals surface area (Å²) in [4.78, 5) is 73.2. The Labute approximate surface area is 170 Å². The average Bonchev–Trinajstić information content (AvgIpc) is 3.45. The second-order valence-corrected chi connectivity index (χ2v) is 5.20. The number of esters is 6. The Hall–Kier alpha value is -3.96. The lowest BCUT2D eigenvalue weighted by atomic mass is 10.2. The van der Waals surface area contributed by atoms with Crippen LogP contribution in [0.2, 0.25) is 0 Å². The third-order valence-electron chi connectivity index (χ3n) is 3.77. The van der Waals surface area contributed by atoms with E-state index in [9.17, 15) is 28.8 Å². The maximum atomic E-state index is 12.2. The Morgan fingerprint density at radius 3 is 0.600 bits per heavy atom. The molecule has 0 radical (unpaired) electrons. The molecule has 0 unspecified atom stereocenters. The summed E-state index contributed by atoms with van der Waals surface area (Å²) >= 11 is 0. The number of ether oxygens (including phenoxy) is 6. The van der Waals surface area contributed by atoms with Gasteiger partial charge in [-0.15, -0.1) is 0 Å². The third kappa shape index (κ3) is 4.37. The molecule has 0 atom stereocenters. The van der Waals surface area contributed by atoms with Crippen molar-refractivity contribution in [1.82, 2.24) is 0 Å². The molecule has 0 aromatic heterocycles. The van der Waals surface area contributed by atoms with Crippen molar-refractivity contribution in [1.29, 1.82) is 0 Å². The zero-order chi connectivity index (χ0) is 23.2. The minimum atomic E-state index is -1.23. The first-order valence-corrected chi connectivity index (χ1v) is 7.90. The lowest BCUT2D eigenvalue weighted by Crippen LogP contribution is -2.17. The molecule has 1 aliphatic rings. The van der Waals surface area contributed by atoms with Crippen molar-refractivity contribution in [2.45, 2.75) is 0 Å². The highest BCUT2D eigenvalue weighted by molar-refractivity contribution is 6.27. The quantitative estimate of drug-likeness (QED) is 0.167. The van der Waals surface area contributed by atoms with E-state index in [0.29, 0.717) is 0 Å². The molecular weight excluding hydrogens is 408 g/mol. The highest BCUT2D eigenvalue weighted by atomic mass is 16.6. The van der Waals surface area contributed by atoms with Crippen LogP contribution in [0.3, 0.4) is 0 Å². The maximum Gasteiger partial charge on any atom is 0.345 e. The van der Waals surface area contributed by atoms with Crippen LogP contribution in [0.1, 0.15) is 0 Å². The van der Waals surface area contributed by atoms with Gasteiger partial charge in [0, 0.05) is 16.7 Å². The van der Waals surface area contributed by atoms with Gasteiger partial charge in [-0.1, -0.05) is 0 Å². The highest BCUT2D eigenvalue weighted by Gasteiger charge is 2.50. The molecule has 12 nitrogen and oxygen atoms in total. The van der Waals surface area contributed by atoms with Crippen molar-refractivity contribution in [3.8, 4) is 0 Å². The van der Waals surface area contributed by atoms with Crippen LogP contribution < -0.4 is 0 Å². The van der Waals surface area contributed by atoms with Crippen molar-refractivity contribution in [2.24, 2.45) is 0 Å². The fraction of sp³-hybridized carbons (Fsp3) is 0.333. The molecule has 0 N–H and O–H groups in total. The number of allylic oxidation sites excluding steroid dienone is 3. The molecule has 12 heteroatoms. The summed E-state index contributed by atoms with van der Waals surface area (Å²) in [6, 6.07) is 0. The monoisotopic (exact) mass is 426 g/mol. The second-order valence-electron chi connectivity index (χ2n) is 5.20. The second kappa shape index (κ2) is 10.0. The molecule has 0 aliphatic heterocycles. The molecule has 0 aromatic rings. The summed E-state index contributed by atoms with van der Waals surface area (Å²) in [7, 11) is 5.69. The van der Waals surface area contributed by atoms with Crippen LogP contribution in [0.15, 0.2) is 33.4 Å². The predicted molar refractivity (Wildman–Crippen MR) is 93.2 cm³/mol. The van der Waals surface area contributed by atoms with Crippen molar-refractivity contribution in [3.05, 3.63) is 33.4 Å². The van der Waals surface area contributed by atoms with Crippen LogP contribution >= 0.6 is 0 Å². The number of hydrogen-bond acceptors (Lipinski definition) is 12. The van der Waals surface area contributed by atoms with Crippen LogP contribution in [0.4, 0.5) is 0 Å². The number of carbonyl (C=O) groups excluding carboxylic acids is 6. The average molecular weight is 426 g/mol. The molecule has 0 aromatic carbocycles. The summed E-state index contributed by atoms with van der Waals surface area (Å²) < 4.78 is 27.2. The van der Waals surface area contributed by atoms with Crippen molar-refractivity contribution < 1.29 is 57.2 Å². The molecule has 0 amide bonds. The largest absolute Gasteiger partial charge is 0.465 e. The van der Waals surface area contributed by atoms with Gasteiger partial charge in [0.1, 0.15) is 0 Å². The summed E-state index contributed by atoms with van der Waals surface area (Å²) in [6.45, 7) is 0. The highest BCUT2D eigenvalue weighted by Crippen LogP contribution is 2.52. The Morgan fingerprint density at radius 2 is 0.500 bits per heavy atom. The van der Waals surface area contributed by atoms with E-state index in [-0.39, 0.29) is 0 Å². The first-order valence-electron chi connectivity index (χ1n) is 7.90. The lowest BCUT2D eigenvalue weighted by molar-refractivity contribution is -0.146. The zero-order valence-corrected chi connectivity index (χ0v) is 16.9. The summed E-state index contributed by atoms with van der Waals surface area (Å²) in [6.07, 6.45) is 0. The van der Waals surface area contributed by atoms with Crippen LogP contribution in [0.5, 0.6) is 0 Å². The number of rotatable bonds is 6. The van der Waals surface area contributed by atoms with Crippen LogP contribution in [-0.4, -0.2) is 78.5 Å². The molecule has 1 rings (SSSR count). The van der Waals surface area contributed by atoms with Gasteiger partial charge < -0.3 is 28.4 Å². The predicted octanol–water partition coefficient (Wildman–Crippen LogP) is -1.07. The fourth-order valence-electron chi connectivity index (χ4n) is 2.41. The molecular formula is C18H18O12. The SMILES string of the molecule is COC(=O)C(C(=O)OC)=C1C(=C(C(=O)OC)C(=O)OC)C1=C(C(=O)OC)C(=O)OC. The van der Waals surface area contributed by atoms with Gasteiger partial charge in [-0.3, -0.25) is 0 Å². The molecule has 1 aliphatic carbocycles. The Kier molecular flexibility index (Phi) is 8.03. The van der Waals surface area contributed by atoms with E-state index in [4.69, 9.17) is 0 Å². The van der Waals surface area contributed by atoms with Gasteiger partial charge in [0.2, 0.25) is 0 Å². The smallest absolute Gasteiger partial charge is 0.345 e. The van der Waals surface area contributed by atoms with Crippen molar-refractivity contribution in [2.75, 3.05) is 42.7 Å². The third-order valence-corrected chi connectivity index (χ3v) is 3.77. The Morgan fingerprint density at radius 1 is 0.367 bits per heavy atom. The van der Waals surface area contributed by atoms with E-state index in [1.54, 1.807) is 0 Å². The standard InChI is InChI=1S/C18H18O12/c1-25-13(19)10(14(20)26-2)7-8(11(15(21)27-3)16(22)28-4)9(7)12(17(23)29-5)18(24)30-6/h1-6H3. The summed E-state index contributed by atoms with van der Waals surface area (Å²) in [5.74, 6) is -7.37. The van der Waals surface area contributed by atoms with Crippen LogP contribution in [-0.2, 0) is 57.2 Å². The van der Waals surface area contributed by atoms with E-state index in [0.717, 1.165) is 42.7 Å². The van der Waals surface area contributed by atoms with Gasteiger partial charge in [-0.25, -0.2) is 28.8 Å². The number of methoxy groups -OCH3 is 6. The molecule has 162 valence electrons. The van der Waals surface area contributed by atoms with E-state index >= 15 is 0 Å². The van der Waals surface area contributed by atoms with E-state index in [2.05, 4.69) is 28.4 Å². The van der Waals surface area contributed by atoms with Crippen LogP contribution in [0.25, 0.3) is 0 Å². The van der Waals surface area contributed by atoms with Gasteiger partial charge in [0.15, 0.2) is 16.7 Å². The van der Waals surface area contributed by atoms with Gasteiger partial charge >= 0.3 is 35.8 Å². The first-order chi connectivity index (χ1) is 14.2. The van der Waals surface area contributed by atoms with Gasteiger partial charge in [0.05, 0.1) is 42.7 Å². The number of carbonyl (C=O) groups is 6. The lowest BCUT2D eigenvalue weighted by Gasteiger charge is -2.03. The summed E-state index contributed by atoms with van der Waals surface area (Å²) in [5.41, 5.74) is -3.69. The molecule has 0 spiro atoms. The van der Waals surface area contributed by atoms with Crippen molar-refractivity contribution >= 4 is 35.8 Å². The molecule has 1 fully saturated rings. The molecule has 0 bridgehead atoms. The molecule has 0 heterocycles. The molecule has 1 saturated carbocycles. The minimum absolute atomic E-state index is 0.440. The van der Waals surface area contributed by atoms with Crippen LogP contribution in [0, 0.1) is 0 Å². The van der Waals surface area contributed by atoms with Crippen molar-refractivity contribution in [3.63, 3.8) is 0 Å². The normalized spacial score (nSPS) is 11.6. The Bertz CT molecular complexity index is 731. The van der Waals surface area contributed by atoms with Gasteiger partial charge in [-0.05, 0) is 0 Å². The maximum absolute atomic E-state index is 12.2. The fourth-order valence-corrected chi connectivity index (χ4v) is 2.41. The first kappa shape index (κ1) is 24.1. The van der Waals surface area contributed by atoms with Gasteiger partial charge in [-0.2, -0.15) is 0 Å².